The Morgan fingerprint density at radius 3 is 2.92 bits per heavy atom. The summed E-state index contributed by atoms with van der Waals surface area (Å²) in [4.78, 5) is 21.9. The molecule has 0 aliphatic carbocycles. The molecule has 0 bridgehead atoms. The van der Waals surface area contributed by atoms with E-state index in [1.165, 1.54) is 12.8 Å². The molecule has 0 saturated carbocycles. The number of amides is 1. The number of carbonyl (C=O) groups excluding carboxylic acids is 1. The van der Waals surface area contributed by atoms with E-state index >= 15 is 0 Å². The van der Waals surface area contributed by atoms with Gasteiger partial charge in [0.2, 0.25) is 5.91 Å². The van der Waals surface area contributed by atoms with E-state index in [-0.39, 0.29) is 6.04 Å². The maximum absolute atomic E-state index is 13.3. The highest BCUT2D eigenvalue weighted by Crippen LogP contribution is 2.41. The molecule has 0 radical (unpaired) electrons. The smallest absolute Gasteiger partial charge is 0.240 e. The molecule has 2 aliphatic rings. The molecule has 1 aromatic heterocycles. The Balaban J connectivity index is 1.70. The van der Waals surface area contributed by atoms with Crippen LogP contribution >= 0.6 is 0 Å². The SMILES string of the molecule is CCCCN(Cc1cccnc1)C(=O)C1CC2(CCNCC2)CN1C. The van der Waals surface area contributed by atoms with Crippen molar-refractivity contribution in [1.82, 2.24) is 20.1 Å². The van der Waals surface area contributed by atoms with Crippen LogP contribution < -0.4 is 5.32 Å². The Morgan fingerprint density at radius 1 is 1.44 bits per heavy atom. The van der Waals surface area contributed by atoms with Crippen LogP contribution in [0.25, 0.3) is 0 Å². The Hall–Kier alpha value is -1.46. The summed E-state index contributed by atoms with van der Waals surface area (Å²) in [7, 11) is 2.13. The van der Waals surface area contributed by atoms with Crippen molar-refractivity contribution in [3.8, 4) is 0 Å². The Kier molecular flexibility index (Phi) is 6.07. The van der Waals surface area contributed by atoms with Crippen LogP contribution in [0.4, 0.5) is 0 Å². The van der Waals surface area contributed by atoms with Gasteiger partial charge in [-0.25, -0.2) is 0 Å². The number of carbonyl (C=O) groups is 1. The third kappa shape index (κ3) is 4.39. The molecule has 2 aliphatic heterocycles. The number of aromatic nitrogens is 1. The molecule has 25 heavy (non-hydrogen) atoms. The second-order valence-corrected chi connectivity index (χ2v) is 7.86. The molecule has 2 fully saturated rings. The van der Waals surface area contributed by atoms with Crippen molar-refractivity contribution in [3.63, 3.8) is 0 Å². The molecule has 1 aromatic rings. The highest BCUT2D eigenvalue weighted by molar-refractivity contribution is 5.82. The molecule has 1 N–H and O–H groups in total. The van der Waals surface area contributed by atoms with Crippen molar-refractivity contribution in [2.75, 3.05) is 33.2 Å². The molecule has 2 saturated heterocycles. The average Bonchev–Trinajstić information content (AvgIpc) is 2.95. The van der Waals surface area contributed by atoms with Crippen LogP contribution in [0.1, 0.15) is 44.6 Å². The predicted octanol–water partition coefficient (Wildman–Crippen LogP) is 2.28. The number of hydrogen-bond donors (Lipinski definition) is 1. The third-order valence-corrected chi connectivity index (χ3v) is 5.88. The van der Waals surface area contributed by atoms with Gasteiger partial charge in [-0.15, -0.1) is 0 Å². The first-order chi connectivity index (χ1) is 12.1. The van der Waals surface area contributed by atoms with Gasteiger partial charge in [0.1, 0.15) is 0 Å². The van der Waals surface area contributed by atoms with E-state index in [0.717, 1.165) is 51.0 Å². The van der Waals surface area contributed by atoms with Crippen molar-refractivity contribution in [1.29, 1.82) is 0 Å². The minimum absolute atomic E-state index is 0.0339. The maximum Gasteiger partial charge on any atom is 0.240 e. The van der Waals surface area contributed by atoms with Crippen molar-refractivity contribution in [2.45, 2.75) is 51.6 Å². The minimum atomic E-state index is 0.0339. The number of rotatable bonds is 6. The van der Waals surface area contributed by atoms with E-state index in [9.17, 15) is 4.79 Å². The summed E-state index contributed by atoms with van der Waals surface area (Å²) in [6, 6.07) is 4.04. The quantitative estimate of drug-likeness (QED) is 0.860. The number of nitrogens with one attached hydrogen (secondary N) is 1. The molecule has 0 aromatic carbocycles. The van der Waals surface area contributed by atoms with Crippen LogP contribution in [0.5, 0.6) is 0 Å². The molecule has 1 spiro atoms. The summed E-state index contributed by atoms with van der Waals surface area (Å²) in [5.74, 6) is 0.301. The number of likely N-dealkylation sites (N-methyl/N-ethyl adjacent to an activating group) is 1. The first-order valence-corrected chi connectivity index (χ1v) is 9.72. The lowest BCUT2D eigenvalue weighted by Crippen LogP contribution is -2.44. The first kappa shape index (κ1) is 18.3. The fourth-order valence-electron chi connectivity index (χ4n) is 4.40. The number of piperidine rings is 1. The van der Waals surface area contributed by atoms with Crippen LogP contribution in [0.15, 0.2) is 24.5 Å². The van der Waals surface area contributed by atoms with E-state index in [1.807, 2.05) is 12.3 Å². The molecule has 3 heterocycles. The average molecular weight is 345 g/mol. The molecule has 1 amide bonds. The lowest BCUT2D eigenvalue weighted by Gasteiger charge is -2.33. The fourth-order valence-corrected chi connectivity index (χ4v) is 4.40. The molecule has 3 rings (SSSR count). The van der Waals surface area contributed by atoms with Gasteiger partial charge in [-0.05, 0) is 62.9 Å². The second kappa shape index (κ2) is 8.28. The van der Waals surface area contributed by atoms with Gasteiger partial charge in [0.25, 0.3) is 0 Å². The lowest BCUT2D eigenvalue weighted by atomic mass is 9.77. The molecular weight excluding hydrogens is 312 g/mol. The van der Waals surface area contributed by atoms with Gasteiger partial charge in [-0.3, -0.25) is 14.7 Å². The minimum Gasteiger partial charge on any atom is -0.337 e. The summed E-state index contributed by atoms with van der Waals surface area (Å²) in [5.41, 5.74) is 1.45. The first-order valence-electron chi connectivity index (χ1n) is 9.72. The zero-order valence-corrected chi connectivity index (χ0v) is 15.7. The molecule has 5 heteroatoms. The van der Waals surface area contributed by atoms with Crippen LogP contribution in [-0.4, -0.2) is 60.0 Å². The number of unbranched alkanes of at least 4 members (excludes halogenated alkanes) is 1. The topological polar surface area (TPSA) is 48.5 Å². The number of likely N-dealkylation sites (tertiary alicyclic amines) is 1. The van der Waals surface area contributed by atoms with Crippen LogP contribution in [-0.2, 0) is 11.3 Å². The third-order valence-electron chi connectivity index (χ3n) is 5.88. The molecule has 1 atom stereocenters. The van der Waals surface area contributed by atoms with E-state index in [0.29, 0.717) is 17.9 Å². The van der Waals surface area contributed by atoms with E-state index in [4.69, 9.17) is 0 Å². The van der Waals surface area contributed by atoms with Gasteiger partial charge in [0.15, 0.2) is 0 Å². The van der Waals surface area contributed by atoms with E-state index in [2.05, 4.69) is 40.1 Å². The largest absolute Gasteiger partial charge is 0.337 e. The highest BCUT2D eigenvalue weighted by atomic mass is 16.2. The highest BCUT2D eigenvalue weighted by Gasteiger charge is 2.46. The Morgan fingerprint density at radius 2 is 2.24 bits per heavy atom. The number of nitrogens with zero attached hydrogens (tertiary/aromatic N) is 3. The summed E-state index contributed by atoms with van der Waals surface area (Å²) in [5, 5.41) is 3.46. The van der Waals surface area contributed by atoms with Crippen LogP contribution in [0, 0.1) is 5.41 Å². The monoisotopic (exact) mass is 344 g/mol. The van der Waals surface area contributed by atoms with Gasteiger partial charge >= 0.3 is 0 Å². The zero-order chi connectivity index (χ0) is 17.7. The molecule has 138 valence electrons. The summed E-state index contributed by atoms with van der Waals surface area (Å²) < 4.78 is 0. The van der Waals surface area contributed by atoms with Crippen LogP contribution in [0.3, 0.4) is 0 Å². The van der Waals surface area contributed by atoms with E-state index in [1.54, 1.807) is 6.20 Å². The van der Waals surface area contributed by atoms with Gasteiger partial charge in [0.05, 0.1) is 6.04 Å². The standard InChI is InChI=1S/C20H32N4O/c1-3-4-12-24(15-17-6-5-9-22-14-17)19(25)18-13-20(16-23(18)2)7-10-21-11-8-20/h5-6,9,14,18,21H,3-4,7-8,10-13,15-16H2,1-2H3. The van der Waals surface area contributed by atoms with Gasteiger partial charge in [0, 0.05) is 32.0 Å². The summed E-state index contributed by atoms with van der Waals surface area (Å²) in [6.07, 6.45) is 9.22. The van der Waals surface area contributed by atoms with Crippen molar-refractivity contribution in [3.05, 3.63) is 30.1 Å². The number of hydrogen-bond acceptors (Lipinski definition) is 4. The molecular formula is C20H32N4O. The Bertz CT molecular complexity index is 556. The van der Waals surface area contributed by atoms with Gasteiger partial charge < -0.3 is 10.2 Å². The maximum atomic E-state index is 13.3. The fraction of sp³-hybridized carbons (Fsp3) is 0.700. The zero-order valence-electron chi connectivity index (χ0n) is 15.7. The molecule has 5 nitrogen and oxygen atoms in total. The Labute approximate surface area is 151 Å². The van der Waals surface area contributed by atoms with Crippen molar-refractivity contribution in [2.24, 2.45) is 5.41 Å². The van der Waals surface area contributed by atoms with Gasteiger partial charge in [-0.2, -0.15) is 0 Å². The van der Waals surface area contributed by atoms with E-state index < -0.39 is 0 Å². The molecule has 1 unspecified atom stereocenters. The number of pyridine rings is 1. The lowest BCUT2D eigenvalue weighted by molar-refractivity contribution is -0.136. The normalized spacial score (nSPS) is 23.0. The second-order valence-electron chi connectivity index (χ2n) is 7.86. The van der Waals surface area contributed by atoms with Crippen molar-refractivity contribution < 1.29 is 4.79 Å². The van der Waals surface area contributed by atoms with Crippen LogP contribution in [0.2, 0.25) is 0 Å². The van der Waals surface area contributed by atoms with Gasteiger partial charge in [-0.1, -0.05) is 19.4 Å². The summed E-state index contributed by atoms with van der Waals surface area (Å²) >= 11 is 0. The predicted molar refractivity (Wildman–Crippen MR) is 100 cm³/mol. The van der Waals surface area contributed by atoms with Crippen molar-refractivity contribution >= 4 is 5.91 Å². The summed E-state index contributed by atoms with van der Waals surface area (Å²) in [6.45, 7) is 6.92.